The van der Waals surface area contributed by atoms with Crippen LogP contribution in [0.1, 0.15) is 11.5 Å². The lowest BCUT2D eigenvalue weighted by atomic mass is 10.2. The van der Waals surface area contributed by atoms with Crippen LogP contribution in [0.15, 0.2) is 36.8 Å². The van der Waals surface area contributed by atoms with Gasteiger partial charge in [-0.25, -0.2) is 23.5 Å². The Bertz CT molecular complexity index is 1220. The summed E-state index contributed by atoms with van der Waals surface area (Å²) in [6.07, 6.45) is 4.53. The fourth-order valence-corrected chi connectivity index (χ4v) is 3.05. The van der Waals surface area contributed by atoms with E-state index in [1.807, 2.05) is 6.92 Å². The molecule has 0 aliphatic heterocycles. The average Bonchev–Trinajstić information content (AvgIpc) is 3.29. The highest BCUT2D eigenvalue weighted by molar-refractivity contribution is 6.36. The van der Waals surface area contributed by atoms with Crippen LogP contribution < -0.4 is 15.4 Å². The van der Waals surface area contributed by atoms with Gasteiger partial charge in [-0.15, -0.1) is 0 Å². The Morgan fingerprint density at radius 3 is 2.73 bits per heavy atom. The van der Waals surface area contributed by atoms with Gasteiger partial charge in [0.1, 0.15) is 17.2 Å². The molecule has 2 amide bonds. The number of pyridine rings is 1. The second-order valence-corrected chi connectivity index (χ2v) is 6.77. The lowest BCUT2D eigenvalue weighted by molar-refractivity contribution is 0.251. The molecule has 154 valence electrons. The number of imidazole rings is 1. The van der Waals surface area contributed by atoms with Gasteiger partial charge in [0.2, 0.25) is 0 Å². The van der Waals surface area contributed by atoms with Crippen molar-refractivity contribution < 1.29 is 18.3 Å². The van der Waals surface area contributed by atoms with E-state index in [2.05, 4.69) is 30.6 Å². The van der Waals surface area contributed by atoms with E-state index in [0.717, 1.165) is 17.8 Å². The highest BCUT2D eigenvalue weighted by atomic mass is 35.5. The number of nitrogens with one attached hydrogen (secondary N) is 4. The Morgan fingerprint density at radius 2 is 2.03 bits per heavy atom. The summed E-state index contributed by atoms with van der Waals surface area (Å²) in [5.41, 5.74) is 1.18. The van der Waals surface area contributed by atoms with Crippen LogP contribution in [0.3, 0.4) is 0 Å². The van der Waals surface area contributed by atoms with Gasteiger partial charge >= 0.3 is 6.03 Å². The van der Waals surface area contributed by atoms with Crippen LogP contribution in [0.5, 0.6) is 11.5 Å². The van der Waals surface area contributed by atoms with Crippen LogP contribution in [0, 0.1) is 18.6 Å². The molecule has 4 N–H and O–H groups in total. The Labute approximate surface area is 173 Å². The van der Waals surface area contributed by atoms with Gasteiger partial charge in [-0.2, -0.15) is 0 Å². The second-order valence-electron chi connectivity index (χ2n) is 6.36. The summed E-state index contributed by atoms with van der Waals surface area (Å²) in [4.78, 5) is 25.9. The highest BCUT2D eigenvalue weighted by Gasteiger charge is 2.18. The Hall–Kier alpha value is -3.66. The maximum atomic E-state index is 14.5. The van der Waals surface area contributed by atoms with Crippen molar-refractivity contribution in [2.24, 2.45) is 0 Å². The third-order valence-electron chi connectivity index (χ3n) is 4.13. The average molecular weight is 433 g/mol. The molecule has 0 saturated carbocycles. The molecular weight excluding hydrogens is 418 g/mol. The van der Waals surface area contributed by atoms with Gasteiger partial charge in [0, 0.05) is 42.1 Å². The third kappa shape index (κ3) is 4.03. The van der Waals surface area contributed by atoms with Gasteiger partial charge in [0.05, 0.1) is 17.0 Å². The Kier molecular flexibility index (Phi) is 5.23. The summed E-state index contributed by atoms with van der Waals surface area (Å²) in [6.45, 7) is 1.95. The van der Waals surface area contributed by atoms with Crippen molar-refractivity contribution in [1.82, 2.24) is 25.3 Å². The number of hydrogen-bond acceptors (Lipinski definition) is 4. The van der Waals surface area contributed by atoms with Crippen molar-refractivity contribution in [1.29, 1.82) is 0 Å². The zero-order chi connectivity index (χ0) is 21.3. The van der Waals surface area contributed by atoms with Crippen LogP contribution in [-0.4, -0.2) is 26.0 Å². The number of nitrogens with zero attached hydrogens (tertiary/aromatic N) is 2. The molecule has 0 bridgehead atoms. The smallest absolute Gasteiger partial charge is 0.319 e. The predicted molar refractivity (Wildman–Crippen MR) is 107 cm³/mol. The molecule has 11 heteroatoms. The lowest BCUT2D eigenvalue weighted by Gasteiger charge is -2.12. The number of carbonyl (C=O) groups excluding carboxylic acids is 1. The van der Waals surface area contributed by atoms with Crippen molar-refractivity contribution in [3.63, 3.8) is 0 Å². The number of benzene rings is 1. The number of amides is 2. The third-order valence-corrected chi connectivity index (χ3v) is 4.43. The predicted octanol–water partition coefficient (Wildman–Crippen LogP) is 4.64. The number of H-pyrrole nitrogens is 2. The molecule has 0 atom stereocenters. The maximum Gasteiger partial charge on any atom is 0.319 e. The number of anilines is 1. The normalized spacial score (nSPS) is 10.9. The van der Waals surface area contributed by atoms with E-state index in [9.17, 15) is 13.6 Å². The van der Waals surface area contributed by atoms with E-state index in [1.54, 1.807) is 6.20 Å². The highest BCUT2D eigenvalue weighted by Crippen LogP contribution is 2.36. The molecule has 0 fully saturated rings. The number of aromatic amines is 2. The first-order valence-corrected chi connectivity index (χ1v) is 9.12. The lowest BCUT2D eigenvalue weighted by Crippen LogP contribution is -2.28. The number of urea groups is 1. The number of carbonyl (C=O) groups is 1. The van der Waals surface area contributed by atoms with E-state index in [0.29, 0.717) is 21.9 Å². The molecule has 3 heterocycles. The molecule has 30 heavy (non-hydrogen) atoms. The molecule has 4 aromatic rings. The molecule has 0 aliphatic rings. The van der Waals surface area contributed by atoms with Crippen molar-refractivity contribution in [3.05, 3.63) is 65.0 Å². The van der Waals surface area contributed by atoms with Crippen LogP contribution in [0.25, 0.3) is 11.0 Å². The maximum absolute atomic E-state index is 14.5. The molecular formula is C19H15ClF2N6O2. The summed E-state index contributed by atoms with van der Waals surface area (Å²) >= 11 is 6.08. The van der Waals surface area contributed by atoms with Crippen LogP contribution in [0.2, 0.25) is 5.02 Å². The molecule has 0 spiro atoms. The van der Waals surface area contributed by atoms with E-state index in [-0.39, 0.29) is 18.0 Å². The molecule has 0 saturated heterocycles. The van der Waals surface area contributed by atoms with Crippen molar-refractivity contribution >= 4 is 34.4 Å². The van der Waals surface area contributed by atoms with Gasteiger partial charge in [-0.05, 0) is 13.0 Å². The summed E-state index contributed by atoms with van der Waals surface area (Å²) in [5.74, 6) is -1.93. The van der Waals surface area contributed by atoms with Crippen LogP contribution in [-0.2, 0) is 6.54 Å². The van der Waals surface area contributed by atoms with E-state index in [4.69, 9.17) is 16.3 Å². The number of aryl methyl sites for hydroxylation is 1. The van der Waals surface area contributed by atoms with Crippen molar-refractivity contribution in [2.45, 2.75) is 13.5 Å². The molecule has 3 aromatic heterocycles. The van der Waals surface area contributed by atoms with Gasteiger partial charge in [0.25, 0.3) is 0 Å². The summed E-state index contributed by atoms with van der Waals surface area (Å²) < 4.78 is 34.5. The molecule has 0 radical (unpaired) electrons. The van der Waals surface area contributed by atoms with Gasteiger partial charge in [-0.1, -0.05) is 11.6 Å². The molecule has 4 rings (SSSR count). The van der Waals surface area contributed by atoms with Gasteiger partial charge in [0.15, 0.2) is 17.4 Å². The number of aromatic nitrogens is 4. The topological polar surface area (TPSA) is 108 Å². The number of ether oxygens (including phenoxy) is 1. The first-order chi connectivity index (χ1) is 14.4. The molecule has 0 aliphatic carbocycles. The molecule has 0 unspecified atom stereocenters. The summed E-state index contributed by atoms with van der Waals surface area (Å²) in [6, 6.07) is 2.70. The molecule has 1 aromatic carbocycles. The van der Waals surface area contributed by atoms with Crippen molar-refractivity contribution in [2.75, 3.05) is 5.32 Å². The Balaban J connectivity index is 1.49. The largest absolute Gasteiger partial charge is 0.450 e. The number of rotatable bonds is 5. The van der Waals surface area contributed by atoms with E-state index in [1.165, 1.54) is 18.5 Å². The van der Waals surface area contributed by atoms with Gasteiger partial charge < -0.3 is 25.3 Å². The number of halogens is 3. The fraction of sp³-hybridized carbons (Fsp3) is 0.105. The van der Waals surface area contributed by atoms with Gasteiger partial charge in [-0.3, -0.25) is 0 Å². The summed E-state index contributed by atoms with van der Waals surface area (Å²) in [5, 5.41) is 5.59. The first-order valence-electron chi connectivity index (χ1n) is 8.74. The minimum Gasteiger partial charge on any atom is -0.450 e. The fourth-order valence-electron chi connectivity index (χ4n) is 2.81. The first kappa shape index (κ1) is 19.6. The quantitative estimate of drug-likeness (QED) is 0.368. The van der Waals surface area contributed by atoms with Crippen LogP contribution in [0.4, 0.5) is 19.3 Å². The minimum absolute atomic E-state index is 0.0787. The SMILES string of the molecule is Cc1cnc(CNC(=O)Nc2cc(F)c(Oc3ccnc4[nH]cc(Cl)c34)c(F)c2)[nH]1. The monoisotopic (exact) mass is 432 g/mol. The zero-order valence-corrected chi connectivity index (χ0v) is 16.3. The van der Waals surface area contributed by atoms with Crippen LogP contribution >= 0.6 is 11.6 Å². The van der Waals surface area contributed by atoms with Crippen molar-refractivity contribution in [3.8, 4) is 11.5 Å². The van der Waals surface area contributed by atoms with E-state index < -0.39 is 23.4 Å². The molecule has 8 nitrogen and oxygen atoms in total. The second kappa shape index (κ2) is 7.99. The Morgan fingerprint density at radius 1 is 1.27 bits per heavy atom. The minimum atomic E-state index is -0.997. The zero-order valence-electron chi connectivity index (χ0n) is 15.5. The standard InChI is InChI=1S/C19H15ClF2N6O2/c1-9-6-24-15(27-9)8-26-19(29)28-10-4-12(21)17(13(22)5-10)30-14-2-3-23-18-16(14)11(20)7-25-18/h2-7H,8H2,1H3,(H,23,25)(H,24,27)(H2,26,28,29). The number of fused-ring (bicyclic) bond motifs is 1. The van der Waals surface area contributed by atoms with E-state index >= 15 is 0 Å². The number of hydrogen-bond donors (Lipinski definition) is 4. The summed E-state index contributed by atoms with van der Waals surface area (Å²) in [7, 11) is 0.